The van der Waals surface area contributed by atoms with E-state index in [1.54, 1.807) is 6.07 Å². The van der Waals surface area contributed by atoms with E-state index in [0.717, 1.165) is 18.8 Å². The van der Waals surface area contributed by atoms with Crippen LogP contribution in [0, 0.1) is 11.3 Å². The number of hydrogen-bond acceptors (Lipinski definition) is 7. The highest BCUT2D eigenvalue weighted by Crippen LogP contribution is 2.35. The first-order valence-electron chi connectivity index (χ1n) is 11.2. The number of hydrogen-bond donors (Lipinski definition) is 1. The van der Waals surface area contributed by atoms with Crippen molar-refractivity contribution in [3.63, 3.8) is 0 Å². The monoisotopic (exact) mass is 451 g/mol. The smallest absolute Gasteiger partial charge is 0.248 e. The molecular formula is C24H33N7O2. The van der Waals surface area contributed by atoms with Gasteiger partial charge >= 0.3 is 0 Å². The molecule has 0 aliphatic carbocycles. The van der Waals surface area contributed by atoms with Gasteiger partial charge in [-0.1, -0.05) is 27.7 Å². The van der Waals surface area contributed by atoms with Gasteiger partial charge in [0.25, 0.3) is 0 Å². The Morgan fingerprint density at radius 3 is 2.36 bits per heavy atom. The van der Waals surface area contributed by atoms with Gasteiger partial charge < -0.3 is 10.2 Å². The highest BCUT2D eigenvalue weighted by molar-refractivity contribution is 5.93. The molecule has 9 heteroatoms. The number of azo groups is 1. The normalized spacial score (nSPS) is 11.5. The van der Waals surface area contributed by atoms with Gasteiger partial charge in [-0.2, -0.15) is 15.0 Å². The second-order valence-electron chi connectivity index (χ2n) is 8.72. The summed E-state index contributed by atoms with van der Waals surface area (Å²) in [6.07, 6.45) is 0.913. The molecule has 1 aromatic heterocycles. The minimum atomic E-state index is -0.458. The zero-order chi connectivity index (χ0) is 24.8. The Labute approximate surface area is 195 Å². The summed E-state index contributed by atoms with van der Waals surface area (Å²) in [7, 11) is 0. The standard InChI is InChI=1S/C24H33N7O2/c1-8-11-21(33)31-23(18(15-25)22(29-31)24(5,6)7)28-27-19-13-12-17(30(9-2)10-3)14-20(19)26-16(4)32/h12-14H,8-11H2,1-7H3,(H,26,32)/b28-27+. The lowest BCUT2D eigenvalue weighted by Gasteiger charge is -2.22. The molecule has 1 heterocycles. The Hall–Kier alpha value is -3.54. The molecule has 1 aromatic carbocycles. The van der Waals surface area contributed by atoms with Gasteiger partial charge in [-0.05, 0) is 38.5 Å². The van der Waals surface area contributed by atoms with E-state index >= 15 is 0 Å². The molecule has 0 atom stereocenters. The molecule has 176 valence electrons. The summed E-state index contributed by atoms with van der Waals surface area (Å²) >= 11 is 0. The van der Waals surface area contributed by atoms with Crippen molar-refractivity contribution in [3.8, 4) is 6.07 Å². The van der Waals surface area contributed by atoms with Crippen LogP contribution in [0.15, 0.2) is 28.4 Å². The molecule has 1 N–H and O–H groups in total. The number of benzene rings is 1. The quantitative estimate of drug-likeness (QED) is 0.516. The first kappa shape index (κ1) is 25.7. The Kier molecular flexibility index (Phi) is 8.46. The molecule has 33 heavy (non-hydrogen) atoms. The maximum Gasteiger partial charge on any atom is 0.248 e. The first-order valence-corrected chi connectivity index (χ1v) is 11.2. The Bertz CT molecular complexity index is 1080. The molecule has 0 aliphatic heterocycles. The molecular weight excluding hydrogens is 418 g/mol. The number of nitriles is 1. The van der Waals surface area contributed by atoms with Crippen LogP contribution in [0.3, 0.4) is 0 Å². The summed E-state index contributed by atoms with van der Waals surface area (Å²) in [5, 5.41) is 25.7. The van der Waals surface area contributed by atoms with E-state index in [2.05, 4.69) is 45.5 Å². The summed E-state index contributed by atoms with van der Waals surface area (Å²) in [5.74, 6) is -0.390. The number of amides is 1. The number of carbonyl (C=O) groups is 2. The van der Waals surface area contributed by atoms with Crippen LogP contribution in [0.2, 0.25) is 0 Å². The second-order valence-corrected chi connectivity index (χ2v) is 8.72. The van der Waals surface area contributed by atoms with Gasteiger partial charge in [-0.15, -0.1) is 10.2 Å². The van der Waals surface area contributed by atoms with Gasteiger partial charge in [0.1, 0.15) is 17.3 Å². The fourth-order valence-corrected chi connectivity index (χ4v) is 3.41. The maximum atomic E-state index is 12.7. The van der Waals surface area contributed by atoms with E-state index in [9.17, 15) is 14.9 Å². The first-order chi connectivity index (χ1) is 15.6. The van der Waals surface area contributed by atoms with Gasteiger partial charge in [0, 0.05) is 37.5 Å². The fourth-order valence-electron chi connectivity index (χ4n) is 3.41. The number of anilines is 2. The molecule has 0 saturated carbocycles. The largest absolute Gasteiger partial charge is 0.372 e. The average molecular weight is 452 g/mol. The molecule has 0 aliphatic rings. The average Bonchev–Trinajstić information content (AvgIpc) is 3.13. The van der Waals surface area contributed by atoms with Gasteiger partial charge in [0.05, 0.1) is 11.4 Å². The van der Waals surface area contributed by atoms with Gasteiger partial charge in [0.15, 0.2) is 5.82 Å². The van der Waals surface area contributed by atoms with Crippen LogP contribution < -0.4 is 10.2 Å². The molecule has 0 radical (unpaired) electrons. The lowest BCUT2D eigenvalue weighted by molar-refractivity contribution is -0.114. The zero-order valence-corrected chi connectivity index (χ0v) is 20.6. The highest BCUT2D eigenvalue weighted by Gasteiger charge is 2.29. The van der Waals surface area contributed by atoms with Crippen LogP contribution >= 0.6 is 0 Å². The summed E-state index contributed by atoms with van der Waals surface area (Å²) in [5.41, 5.74) is 2.10. The van der Waals surface area contributed by atoms with E-state index < -0.39 is 5.41 Å². The van der Waals surface area contributed by atoms with Crippen molar-refractivity contribution < 1.29 is 9.59 Å². The number of carbonyl (C=O) groups excluding carboxylic acids is 2. The van der Waals surface area contributed by atoms with Gasteiger partial charge in [0.2, 0.25) is 11.8 Å². The topological polar surface area (TPSA) is 116 Å². The molecule has 2 aromatic rings. The highest BCUT2D eigenvalue weighted by atomic mass is 16.2. The van der Waals surface area contributed by atoms with Crippen LogP contribution in [-0.4, -0.2) is 34.7 Å². The van der Waals surface area contributed by atoms with Crippen LogP contribution in [-0.2, 0) is 10.2 Å². The Morgan fingerprint density at radius 1 is 1.18 bits per heavy atom. The number of rotatable bonds is 8. The van der Waals surface area contributed by atoms with Gasteiger partial charge in [-0.25, -0.2) is 0 Å². The van der Waals surface area contributed by atoms with Crippen LogP contribution in [0.1, 0.15) is 77.4 Å². The molecule has 0 saturated heterocycles. The third-order valence-corrected chi connectivity index (χ3v) is 5.06. The van der Waals surface area contributed by atoms with Crippen LogP contribution in [0.4, 0.5) is 22.9 Å². The maximum absolute atomic E-state index is 12.7. The van der Waals surface area contributed by atoms with Crippen molar-refractivity contribution in [3.05, 3.63) is 29.5 Å². The summed E-state index contributed by atoms with van der Waals surface area (Å²) in [4.78, 5) is 26.6. The van der Waals surface area contributed by atoms with Crippen molar-refractivity contribution >= 4 is 34.7 Å². The van der Waals surface area contributed by atoms with Crippen molar-refractivity contribution in [2.45, 2.75) is 66.7 Å². The third-order valence-electron chi connectivity index (χ3n) is 5.06. The minimum Gasteiger partial charge on any atom is -0.372 e. The minimum absolute atomic E-state index is 0.0995. The van der Waals surface area contributed by atoms with E-state index in [1.165, 1.54) is 11.6 Å². The lowest BCUT2D eigenvalue weighted by Crippen LogP contribution is -2.21. The zero-order valence-electron chi connectivity index (χ0n) is 20.6. The van der Waals surface area contributed by atoms with Gasteiger partial charge in [-0.3, -0.25) is 9.59 Å². The van der Waals surface area contributed by atoms with Crippen LogP contribution in [0.25, 0.3) is 0 Å². The molecule has 9 nitrogen and oxygen atoms in total. The fraction of sp³-hybridized carbons (Fsp3) is 0.500. The van der Waals surface area contributed by atoms with Crippen molar-refractivity contribution in [1.29, 1.82) is 5.26 Å². The number of nitrogens with one attached hydrogen (secondary N) is 1. The predicted molar refractivity (Wildman–Crippen MR) is 130 cm³/mol. The van der Waals surface area contributed by atoms with E-state index in [4.69, 9.17) is 0 Å². The van der Waals surface area contributed by atoms with E-state index in [-0.39, 0.29) is 29.6 Å². The molecule has 0 bridgehead atoms. The van der Waals surface area contributed by atoms with E-state index in [1.807, 2.05) is 39.8 Å². The lowest BCUT2D eigenvalue weighted by atomic mass is 9.90. The molecule has 0 unspecified atom stereocenters. The SMILES string of the molecule is CCCC(=O)n1nc(C(C)(C)C)c(C#N)c1/N=N/c1ccc(N(CC)CC)cc1NC(C)=O. The Morgan fingerprint density at radius 2 is 1.85 bits per heavy atom. The van der Waals surface area contributed by atoms with Crippen molar-refractivity contribution in [2.75, 3.05) is 23.3 Å². The molecule has 2 rings (SSSR count). The third kappa shape index (κ3) is 6.04. The summed E-state index contributed by atoms with van der Waals surface area (Å²) in [6, 6.07) is 7.64. The van der Waals surface area contributed by atoms with E-state index in [0.29, 0.717) is 23.5 Å². The summed E-state index contributed by atoms with van der Waals surface area (Å²) < 4.78 is 1.18. The molecule has 0 spiro atoms. The van der Waals surface area contributed by atoms with Crippen LogP contribution in [0.5, 0.6) is 0 Å². The number of nitrogens with zero attached hydrogens (tertiary/aromatic N) is 6. The summed E-state index contributed by atoms with van der Waals surface area (Å²) in [6.45, 7) is 14.8. The predicted octanol–water partition coefficient (Wildman–Crippen LogP) is 5.71. The van der Waals surface area contributed by atoms with Crippen molar-refractivity contribution in [2.24, 2.45) is 10.2 Å². The second kappa shape index (κ2) is 10.9. The number of aromatic nitrogens is 2. The Balaban J connectivity index is 2.64. The van der Waals surface area contributed by atoms with Crippen molar-refractivity contribution in [1.82, 2.24) is 9.78 Å². The molecule has 1 amide bonds. The molecule has 0 fully saturated rings.